The van der Waals surface area contributed by atoms with Crippen LogP contribution >= 0.6 is 0 Å². The van der Waals surface area contributed by atoms with E-state index >= 15 is 0 Å². The van der Waals surface area contributed by atoms with E-state index < -0.39 is 0 Å². The molecule has 2 nitrogen and oxygen atoms in total. The van der Waals surface area contributed by atoms with Crippen molar-refractivity contribution in [1.29, 1.82) is 0 Å². The summed E-state index contributed by atoms with van der Waals surface area (Å²) in [5.41, 5.74) is 8.68. The van der Waals surface area contributed by atoms with E-state index in [1.807, 2.05) is 0 Å². The van der Waals surface area contributed by atoms with Crippen LogP contribution in [0.3, 0.4) is 0 Å². The molecule has 0 spiro atoms. The minimum absolute atomic E-state index is 0.263. The van der Waals surface area contributed by atoms with Crippen molar-refractivity contribution in [2.75, 3.05) is 18.0 Å². The number of aryl methyl sites for hydroxylation is 1. The highest BCUT2D eigenvalue weighted by Crippen LogP contribution is 2.35. The molecule has 1 saturated heterocycles. The molecule has 2 heteroatoms. The molecule has 1 aliphatic rings. The van der Waals surface area contributed by atoms with Crippen LogP contribution in [0.2, 0.25) is 0 Å². The summed E-state index contributed by atoms with van der Waals surface area (Å²) in [5.74, 6) is 0.753. The summed E-state index contributed by atoms with van der Waals surface area (Å²) in [7, 11) is 0. The molecule has 1 fully saturated rings. The van der Waals surface area contributed by atoms with Crippen LogP contribution in [0.5, 0.6) is 0 Å². The van der Waals surface area contributed by atoms with Crippen molar-refractivity contribution in [3.05, 3.63) is 29.8 Å². The Labute approximate surface area is 111 Å². The first-order valence-corrected chi connectivity index (χ1v) is 7.07. The van der Waals surface area contributed by atoms with Crippen LogP contribution in [0.25, 0.3) is 0 Å². The first-order chi connectivity index (χ1) is 8.53. The van der Waals surface area contributed by atoms with Crippen LogP contribution in [0, 0.1) is 12.8 Å². The summed E-state index contributed by atoms with van der Waals surface area (Å²) in [6.45, 7) is 8.83. The fourth-order valence-corrected chi connectivity index (χ4v) is 3.01. The number of anilines is 1. The highest BCUT2D eigenvalue weighted by molar-refractivity contribution is 5.51. The first kappa shape index (κ1) is 13.4. The fourth-order valence-electron chi connectivity index (χ4n) is 3.01. The van der Waals surface area contributed by atoms with Crippen molar-refractivity contribution < 1.29 is 0 Å². The van der Waals surface area contributed by atoms with Crippen LogP contribution in [-0.4, -0.2) is 18.6 Å². The second kappa shape index (κ2) is 5.31. The van der Waals surface area contributed by atoms with Gasteiger partial charge in [-0.1, -0.05) is 12.1 Å². The Morgan fingerprint density at radius 2 is 2.17 bits per heavy atom. The van der Waals surface area contributed by atoms with Crippen molar-refractivity contribution >= 4 is 5.69 Å². The Bertz CT molecular complexity index is 398. The largest absolute Gasteiger partial charge is 0.366 e. The second-order valence-corrected chi connectivity index (χ2v) is 6.24. The third-order valence-electron chi connectivity index (χ3n) is 4.22. The van der Waals surface area contributed by atoms with E-state index in [2.05, 4.69) is 49.9 Å². The molecule has 18 heavy (non-hydrogen) atoms. The summed E-state index contributed by atoms with van der Waals surface area (Å²) in [5, 5.41) is 0. The van der Waals surface area contributed by atoms with E-state index in [9.17, 15) is 0 Å². The molecular formula is C16H26N2. The molecule has 1 heterocycles. The molecular weight excluding hydrogens is 220 g/mol. The van der Waals surface area contributed by atoms with Gasteiger partial charge in [0.15, 0.2) is 0 Å². The van der Waals surface area contributed by atoms with Gasteiger partial charge < -0.3 is 10.6 Å². The van der Waals surface area contributed by atoms with Gasteiger partial charge in [-0.25, -0.2) is 0 Å². The second-order valence-electron chi connectivity index (χ2n) is 6.24. The maximum absolute atomic E-state index is 5.72. The van der Waals surface area contributed by atoms with Crippen LogP contribution in [-0.2, 0) is 0 Å². The smallest absolute Gasteiger partial charge is 0.0373 e. The third kappa shape index (κ3) is 2.86. The number of nitrogens with zero attached hydrogens (tertiary/aromatic N) is 1. The number of rotatable bonds is 3. The molecule has 2 N–H and O–H groups in total. The van der Waals surface area contributed by atoms with Crippen molar-refractivity contribution in [1.82, 2.24) is 0 Å². The lowest BCUT2D eigenvalue weighted by Gasteiger charge is -2.47. The third-order valence-corrected chi connectivity index (χ3v) is 4.22. The summed E-state index contributed by atoms with van der Waals surface area (Å²) < 4.78 is 0. The Kier molecular flexibility index (Phi) is 3.96. The number of hydrogen-bond donors (Lipinski definition) is 1. The molecule has 0 radical (unpaired) electrons. The van der Waals surface area contributed by atoms with Gasteiger partial charge in [-0.3, -0.25) is 0 Å². The van der Waals surface area contributed by atoms with E-state index in [-0.39, 0.29) is 5.54 Å². The molecule has 2 rings (SSSR count). The molecule has 1 aromatic rings. The molecule has 0 saturated carbocycles. The molecule has 100 valence electrons. The maximum atomic E-state index is 5.72. The Balaban J connectivity index is 2.21. The quantitative estimate of drug-likeness (QED) is 0.886. The van der Waals surface area contributed by atoms with Crippen molar-refractivity contribution in [2.24, 2.45) is 11.7 Å². The molecule has 1 aromatic carbocycles. The zero-order chi connectivity index (χ0) is 13.2. The zero-order valence-corrected chi connectivity index (χ0v) is 11.9. The minimum atomic E-state index is 0.263. The predicted molar refractivity (Wildman–Crippen MR) is 79.0 cm³/mol. The van der Waals surface area contributed by atoms with Crippen LogP contribution in [0.1, 0.15) is 38.7 Å². The molecule has 1 atom stereocenters. The van der Waals surface area contributed by atoms with Gasteiger partial charge in [0.1, 0.15) is 0 Å². The molecule has 1 unspecified atom stereocenters. The van der Waals surface area contributed by atoms with Gasteiger partial charge >= 0.3 is 0 Å². The molecule has 0 aromatic heterocycles. The van der Waals surface area contributed by atoms with Gasteiger partial charge in [0.25, 0.3) is 0 Å². The lowest BCUT2D eigenvalue weighted by Crippen LogP contribution is -2.51. The SMILES string of the molecule is Cc1cccc(N2CC(CCN)CCC2(C)C)c1. The standard InChI is InChI=1S/C16H26N2/c1-13-5-4-6-15(11-13)18-12-14(8-10-17)7-9-16(18,2)3/h4-6,11,14H,7-10,12,17H2,1-3H3. The van der Waals surface area contributed by atoms with E-state index in [4.69, 9.17) is 5.73 Å². The minimum Gasteiger partial charge on any atom is -0.366 e. The number of hydrogen-bond acceptors (Lipinski definition) is 2. The Morgan fingerprint density at radius 1 is 1.39 bits per heavy atom. The van der Waals surface area contributed by atoms with Crippen LogP contribution < -0.4 is 10.6 Å². The highest BCUT2D eigenvalue weighted by Gasteiger charge is 2.33. The van der Waals surface area contributed by atoms with Crippen LogP contribution in [0.4, 0.5) is 5.69 Å². The van der Waals surface area contributed by atoms with Gasteiger partial charge in [0.2, 0.25) is 0 Å². The van der Waals surface area contributed by atoms with Gasteiger partial charge in [-0.15, -0.1) is 0 Å². The molecule has 0 amide bonds. The van der Waals surface area contributed by atoms with Crippen LogP contribution in [0.15, 0.2) is 24.3 Å². The average Bonchev–Trinajstić information content (AvgIpc) is 2.31. The highest BCUT2D eigenvalue weighted by atomic mass is 15.2. The van der Waals surface area contributed by atoms with Crippen molar-refractivity contribution in [3.8, 4) is 0 Å². The fraction of sp³-hybridized carbons (Fsp3) is 0.625. The van der Waals surface area contributed by atoms with Gasteiger partial charge in [0, 0.05) is 17.8 Å². The molecule has 0 bridgehead atoms. The number of nitrogens with two attached hydrogens (primary N) is 1. The lowest BCUT2D eigenvalue weighted by molar-refractivity contribution is 0.282. The van der Waals surface area contributed by atoms with Crippen molar-refractivity contribution in [3.63, 3.8) is 0 Å². The monoisotopic (exact) mass is 246 g/mol. The Morgan fingerprint density at radius 3 is 2.83 bits per heavy atom. The van der Waals surface area contributed by atoms with E-state index in [0.717, 1.165) is 25.4 Å². The number of benzene rings is 1. The molecule has 1 aliphatic heterocycles. The van der Waals surface area contributed by atoms with Gasteiger partial charge in [0.05, 0.1) is 0 Å². The summed E-state index contributed by atoms with van der Waals surface area (Å²) in [6, 6.07) is 8.86. The molecule has 0 aliphatic carbocycles. The number of piperidine rings is 1. The van der Waals surface area contributed by atoms with E-state index in [1.54, 1.807) is 0 Å². The predicted octanol–water partition coefficient (Wildman–Crippen LogP) is 3.34. The van der Waals surface area contributed by atoms with Gasteiger partial charge in [-0.05, 0) is 70.2 Å². The maximum Gasteiger partial charge on any atom is 0.0373 e. The van der Waals surface area contributed by atoms with Crippen molar-refractivity contribution in [2.45, 2.75) is 45.6 Å². The topological polar surface area (TPSA) is 29.3 Å². The van der Waals surface area contributed by atoms with E-state index in [0.29, 0.717) is 0 Å². The first-order valence-electron chi connectivity index (χ1n) is 7.07. The lowest BCUT2D eigenvalue weighted by atomic mass is 9.83. The Hall–Kier alpha value is -1.02. The normalized spacial score (nSPS) is 23.1. The summed E-state index contributed by atoms with van der Waals surface area (Å²) in [6.07, 6.45) is 3.72. The van der Waals surface area contributed by atoms with Gasteiger partial charge in [-0.2, -0.15) is 0 Å². The summed E-state index contributed by atoms with van der Waals surface area (Å²) in [4.78, 5) is 2.57. The summed E-state index contributed by atoms with van der Waals surface area (Å²) >= 11 is 0. The average molecular weight is 246 g/mol. The van der Waals surface area contributed by atoms with E-state index in [1.165, 1.54) is 24.1 Å². The zero-order valence-electron chi connectivity index (χ0n) is 11.9.